The third-order valence-electron chi connectivity index (χ3n) is 3.21. The van der Waals surface area contributed by atoms with Crippen molar-refractivity contribution >= 4 is 0 Å². The van der Waals surface area contributed by atoms with Crippen LogP contribution in [0.5, 0.6) is 0 Å². The predicted octanol–water partition coefficient (Wildman–Crippen LogP) is 3.07. The molecule has 0 saturated heterocycles. The minimum atomic E-state index is 0.122. The molecule has 0 aliphatic carbocycles. The van der Waals surface area contributed by atoms with Crippen LogP contribution in [0.2, 0.25) is 0 Å². The van der Waals surface area contributed by atoms with Crippen LogP contribution < -0.4 is 10.6 Å². The molecule has 0 unspecified atom stereocenters. The number of hydrogen-bond acceptors (Lipinski definition) is 2. The van der Waals surface area contributed by atoms with Crippen LogP contribution in [-0.4, -0.2) is 19.1 Å². The summed E-state index contributed by atoms with van der Waals surface area (Å²) in [7, 11) is 1.99. The van der Waals surface area contributed by atoms with Crippen molar-refractivity contribution in [2.24, 2.45) is 0 Å². The van der Waals surface area contributed by atoms with Crippen LogP contribution in [0.1, 0.15) is 45.7 Å². The van der Waals surface area contributed by atoms with Gasteiger partial charge in [0.05, 0.1) is 0 Å². The molecule has 0 aromatic heterocycles. The van der Waals surface area contributed by atoms with Crippen molar-refractivity contribution in [3.63, 3.8) is 0 Å². The van der Waals surface area contributed by atoms with Gasteiger partial charge in [0, 0.05) is 18.6 Å². The fourth-order valence-corrected chi connectivity index (χ4v) is 1.97. The van der Waals surface area contributed by atoms with E-state index in [1.807, 2.05) is 7.05 Å². The number of rotatable bonds is 5. The Labute approximate surface area is 112 Å². The lowest BCUT2D eigenvalue weighted by Crippen LogP contribution is -2.46. The molecular formula is C16H28N2. The summed E-state index contributed by atoms with van der Waals surface area (Å²) in [4.78, 5) is 0. The van der Waals surface area contributed by atoms with Gasteiger partial charge in [-0.3, -0.25) is 0 Å². The summed E-state index contributed by atoms with van der Waals surface area (Å²) in [5.74, 6) is 0. The molecule has 0 heterocycles. The molecule has 102 valence electrons. The zero-order valence-electron chi connectivity index (χ0n) is 12.7. The van der Waals surface area contributed by atoms with E-state index in [1.165, 1.54) is 11.1 Å². The molecule has 0 atom stereocenters. The van der Waals surface area contributed by atoms with Gasteiger partial charge >= 0.3 is 0 Å². The zero-order valence-corrected chi connectivity index (χ0v) is 12.7. The fraction of sp³-hybridized carbons (Fsp3) is 0.625. The fourth-order valence-electron chi connectivity index (χ4n) is 1.97. The van der Waals surface area contributed by atoms with E-state index in [4.69, 9.17) is 0 Å². The highest BCUT2D eigenvalue weighted by atomic mass is 15.0. The highest BCUT2D eigenvalue weighted by molar-refractivity contribution is 5.27. The first-order valence-electron chi connectivity index (χ1n) is 6.74. The van der Waals surface area contributed by atoms with Crippen molar-refractivity contribution in [1.29, 1.82) is 0 Å². The lowest BCUT2D eigenvalue weighted by atomic mass is 9.87. The van der Waals surface area contributed by atoms with Crippen LogP contribution in [0.3, 0.4) is 0 Å². The lowest BCUT2D eigenvalue weighted by molar-refractivity contribution is 0.374. The van der Waals surface area contributed by atoms with E-state index in [0.717, 1.165) is 13.1 Å². The summed E-state index contributed by atoms with van der Waals surface area (Å²) >= 11 is 0. The molecule has 1 rings (SSSR count). The molecule has 0 spiro atoms. The number of nitrogens with one attached hydrogen (secondary N) is 2. The first-order valence-corrected chi connectivity index (χ1v) is 6.74. The van der Waals surface area contributed by atoms with Gasteiger partial charge in [0.1, 0.15) is 0 Å². The second-order valence-electron chi connectivity index (χ2n) is 6.71. The van der Waals surface area contributed by atoms with Gasteiger partial charge in [-0.05, 0) is 37.4 Å². The van der Waals surface area contributed by atoms with Gasteiger partial charge in [0.2, 0.25) is 0 Å². The molecule has 1 aromatic carbocycles. The average molecular weight is 248 g/mol. The predicted molar refractivity (Wildman–Crippen MR) is 80.0 cm³/mol. The van der Waals surface area contributed by atoms with Crippen molar-refractivity contribution in [1.82, 2.24) is 10.6 Å². The first kappa shape index (κ1) is 15.2. The third kappa shape index (κ3) is 4.79. The molecule has 2 N–H and O–H groups in total. The van der Waals surface area contributed by atoms with Crippen LogP contribution in [0.4, 0.5) is 0 Å². The lowest BCUT2D eigenvalue weighted by Gasteiger charge is -2.26. The minimum Gasteiger partial charge on any atom is -0.318 e. The van der Waals surface area contributed by atoms with Crippen molar-refractivity contribution in [2.45, 2.75) is 52.1 Å². The van der Waals surface area contributed by atoms with Crippen LogP contribution in [0.15, 0.2) is 24.3 Å². The maximum atomic E-state index is 3.57. The van der Waals surface area contributed by atoms with Gasteiger partial charge in [0.15, 0.2) is 0 Å². The van der Waals surface area contributed by atoms with Crippen molar-refractivity contribution < 1.29 is 0 Å². The SMILES string of the molecule is CNCC(C)(C)NCc1ccc(C(C)(C)C)cc1. The van der Waals surface area contributed by atoms with Crippen LogP contribution in [-0.2, 0) is 12.0 Å². The van der Waals surface area contributed by atoms with E-state index in [0.29, 0.717) is 0 Å². The standard InChI is InChI=1S/C16H28N2/c1-15(2,3)14-9-7-13(8-10-14)11-18-16(4,5)12-17-6/h7-10,17-18H,11-12H2,1-6H3. The van der Waals surface area contributed by atoms with E-state index in [2.05, 4.69) is 69.5 Å². The van der Waals surface area contributed by atoms with Gasteiger partial charge in [-0.1, -0.05) is 45.0 Å². The van der Waals surface area contributed by atoms with Crippen LogP contribution >= 0.6 is 0 Å². The van der Waals surface area contributed by atoms with Gasteiger partial charge in [-0.15, -0.1) is 0 Å². The van der Waals surface area contributed by atoms with Crippen molar-refractivity contribution in [3.05, 3.63) is 35.4 Å². The molecule has 2 nitrogen and oxygen atoms in total. The maximum absolute atomic E-state index is 3.57. The van der Waals surface area contributed by atoms with E-state index >= 15 is 0 Å². The monoisotopic (exact) mass is 248 g/mol. The summed E-state index contributed by atoms with van der Waals surface area (Å²) in [6, 6.07) is 8.93. The summed E-state index contributed by atoms with van der Waals surface area (Å²) < 4.78 is 0. The number of likely N-dealkylation sites (N-methyl/N-ethyl adjacent to an activating group) is 1. The molecule has 0 saturated carbocycles. The Morgan fingerprint density at radius 1 is 0.944 bits per heavy atom. The average Bonchev–Trinajstić information content (AvgIpc) is 2.26. The summed E-state index contributed by atoms with van der Waals surface area (Å²) in [6.07, 6.45) is 0. The van der Waals surface area contributed by atoms with Gasteiger partial charge in [-0.2, -0.15) is 0 Å². The quantitative estimate of drug-likeness (QED) is 0.837. The second-order valence-corrected chi connectivity index (χ2v) is 6.71. The molecular weight excluding hydrogens is 220 g/mol. The van der Waals surface area contributed by atoms with E-state index < -0.39 is 0 Å². The number of benzene rings is 1. The molecule has 0 aliphatic heterocycles. The van der Waals surface area contributed by atoms with Gasteiger partial charge in [-0.25, -0.2) is 0 Å². The molecule has 0 bridgehead atoms. The topological polar surface area (TPSA) is 24.1 Å². The van der Waals surface area contributed by atoms with Gasteiger partial charge in [0.25, 0.3) is 0 Å². The summed E-state index contributed by atoms with van der Waals surface area (Å²) in [5.41, 5.74) is 3.09. The Bertz CT molecular complexity index is 358. The van der Waals surface area contributed by atoms with E-state index in [-0.39, 0.29) is 11.0 Å². The molecule has 18 heavy (non-hydrogen) atoms. The normalized spacial score (nSPS) is 12.8. The molecule has 0 fully saturated rings. The Hall–Kier alpha value is -0.860. The van der Waals surface area contributed by atoms with Crippen molar-refractivity contribution in [3.8, 4) is 0 Å². The summed E-state index contributed by atoms with van der Waals surface area (Å²) in [5, 5.41) is 6.78. The minimum absolute atomic E-state index is 0.122. The maximum Gasteiger partial charge on any atom is 0.0252 e. The molecule has 0 amide bonds. The molecule has 0 aliphatic rings. The highest BCUT2D eigenvalue weighted by Crippen LogP contribution is 2.22. The van der Waals surface area contributed by atoms with Crippen LogP contribution in [0.25, 0.3) is 0 Å². The molecule has 0 radical (unpaired) electrons. The first-order chi connectivity index (χ1) is 8.24. The van der Waals surface area contributed by atoms with Crippen molar-refractivity contribution in [2.75, 3.05) is 13.6 Å². The summed E-state index contributed by atoms with van der Waals surface area (Å²) in [6.45, 7) is 13.1. The van der Waals surface area contributed by atoms with Crippen LogP contribution in [0, 0.1) is 0 Å². The van der Waals surface area contributed by atoms with E-state index in [9.17, 15) is 0 Å². The second kappa shape index (κ2) is 5.85. The third-order valence-corrected chi connectivity index (χ3v) is 3.21. The smallest absolute Gasteiger partial charge is 0.0252 e. The highest BCUT2D eigenvalue weighted by Gasteiger charge is 2.16. The zero-order chi connectivity index (χ0) is 13.8. The van der Waals surface area contributed by atoms with Gasteiger partial charge < -0.3 is 10.6 Å². The Balaban J connectivity index is 2.60. The Kier molecular flexibility index (Phi) is 4.94. The largest absolute Gasteiger partial charge is 0.318 e. The Morgan fingerprint density at radius 2 is 1.50 bits per heavy atom. The molecule has 1 aromatic rings. The number of hydrogen-bond donors (Lipinski definition) is 2. The Morgan fingerprint density at radius 3 is 1.94 bits per heavy atom. The molecule has 2 heteroatoms. The van der Waals surface area contributed by atoms with E-state index in [1.54, 1.807) is 0 Å².